The van der Waals surface area contributed by atoms with Crippen molar-refractivity contribution in [2.75, 3.05) is 6.26 Å². The van der Waals surface area contributed by atoms with Crippen LogP contribution in [-0.4, -0.2) is 31.0 Å². The Bertz CT molecular complexity index is 677. The largest absolute Gasteiger partial charge is 0.480 e. The molecular weight excluding hydrogens is 290 g/mol. The summed E-state index contributed by atoms with van der Waals surface area (Å²) in [6.07, 6.45) is 0.947. The van der Waals surface area contributed by atoms with Crippen LogP contribution in [0.15, 0.2) is 24.3 Å². The normalized spacial score (nSPS) is 29.5. The second kappa shape index (κ2) is 4.22. The maximum atomic E-state index is 11.7. The average Bonchev–Trinajstić information content (AvgIpc) is 3.00. The minimum atomic E-state index is -3.64. The van der Waals surface area contributed by atoms with E-state index in [9.17, 15) is 18.3 Å². The molecule has 1 fully saturated rings. The summed E-state index contributed by atoms with van der Waals surface area (Å²) < 4.78 is 23.4. The zero-order valence-corrected chi connectivity index (χ0v) is 11.4. The molecule has 1 saturated carbocycles. The SMILES string of the molecule is CS(=O)(=O)[C@@H]1[C@@H](c2ccc(Cl)cc2)[C@]1(C#N)C(=O)O. The molecule has 7 heteroatoms. The Morgan fingerprint density at radius 1 is 1.42 bits per heavy atom. The number of nitrogens with zero attached hydrogens (tertiary/aromatic N) is 1. The molecular formula is C12H10ClNO4S. The van der Waals surface area contributed by atoms with Gasteiger partial charge in [-0.3, -0.25) is 4.79 Å². The van der Waals surface area contributed by atoms with Crippen molar-refractivity contribution in [1.82, 2.24) is 0 Å². The summed E-state index contributed by atoms with van der Waals surface area (Å²) in [6, 6.07) is 7.84. The molecule has 1 aliphatic carbocycles. The number of rotatable bonds is 3. The highest BCUT2D eigenvalue weighted by atomic mass is 35.5. The predicted octanol–water partition coefficient (Wildman–Crippen LogP) is 1.44. The lowest BCUT2D eigenvalue weighted by Crippen LogP contribution is -2.21. The highest BCUT2D eigenvalue weighted by molar-refractivity contribution is 7.91. The number of carbonyl (C=O) groups is 1. The molecule has 0 aromatic heterocycles. The Balaban J connectivity index is 2.54. The van der Waals surface area contributed by atoms with Gasteiger partial charge >= 0.3 is 5.97 Å². The van der Waals surface area contributed by atoms with E-state index in [1.807, 2.05) is 0 Å². The highest BCUT2D eigenvalue weighted by Gasteiger charge is 2.76. The van der Waals surface area contributed by atoms with Crippen molar-refractivity contribution in [3.05, 3.63) is 34.9 Å². The van der Waals surface area contributed by atoms with Crippen LogP contribution in [0, 0.1) is 16.7 Å². The van der Waals surface area contributed by atoms with Gasteiger partial charge in [-0.1, -0.05) is 23.7 Å². The number of halogens is 1. The molecule has 1 aromatic rings. The van der Waals surface area contributed by atoms with Gasteiger partial charge in [-0.2, -0.15) is 5.26 Å². The average molecular weight is 300 g/mol. The first-order valence-electron chi connectivity index (χ1n) is 5.34. The number of sulfone groups is 1. The zero-order valence-electron chi connectivity index (χ0n) is 9.87. The number of hydrogen-bond acceptors (Lipinski definition) is 4. The first-order chi connectivity index (χ1) is 8.75. The van der Waals surface area contributed by atoms with Crippen LogP contribution in [0.1, 0.15) is 11.5 Å². The quantitative estimate of drug-likeness (QED) is 0.911. The number of benzene rings is 1. The Hall–Kier alpha value is -1.58. The summed E-state index contributed by atoms with van der Waals surface area (Å²) in [5.74, 6) is -2.27. The first-order valence-corrected chi connectivity index (χ1v) is 7.67. The van der Waals surface area contributed by atoms with E-state index >= 15 is 0 Å². The van der Waals surface area contributed by atoms with Gasteiger partial charge in [-0.25, -0.2) is 8.42 Å². The molecule has 0 amide bonds. The molecule has 5 nitrogen and oxygen atoms in total. The van der Waals surface area contributed by atoms with Crippen LogP contribution in [0.25, 0.3) is 0 Å². The van der Waals surface area contributed by atoms with E-state index in [0.29, 0.717) is 10.6 Å². The van der Waals surface area contributed by atoms with Crippen LogP contribution in [0.4, 0.5) is 0 Å². The number of carboxylic acid groups (broad SMARTS) is 1. The van der Waals surface area contributed by atoms with Gasteiger partial charge in [0.1, 0.15) is 5.25 Å². The fourth-order valence-electron chi connectivity index (χ4n) is 2.48. The van der Waals surface area contributed by atoms with Gasteiger partial charge in [0.05, 0.1) is 6.07 Å². The molecule has 1 N–H and O–H groups in total. The molecule has 0 radical (unpaired) electrons. The fourth-order valence-corrected chi connectivity index (χ4v) is 4.37. The summed E-state index contributed by atoms with van der Waals surface area (Å²) >= 11 is 5.73. The van der Waals surface area contributed by atoms with E-state index < -0.39 is 32.4 Å². The van der Waals surface area contributed by atoms with Gasteiger partial charge in [-0.15, -0.1) is 0 Å². The molecule has 0 heterocycles. The summed E-state index contributed by atoms with van der Waals surface area (Å²) in [4.78, 5) is 11.3. The third-order valence-electron chi connectivity index (χ3n) is 3.36. The van der Waals surface area contributed by atoms with Crippen molar-refractivity contribution in [3.8, 4) is 6.07 Å². The summed E-state index contributed by atoms with van der Waals surface area (Å²) in [7, 11) is -3.64. The molecule has 1 aliphatic rings. The minimum Gasteiger partial charge on any atom is -0.480 e. The predicted molar refractivity (Wildman–Crippen MR) is 68.5 cm³/mol. The van der Waals surface area contributed by atoms with Crippen LogP contribution in [0.2, 0.25) is 5.02 Å². The van der Waals surface area contributed by atoms with Crippen molar-refractivity contribution in [2.45, 2.75) is 11.2 Å². The van der Waals surface area contributed by atoms with Crippen molar-refractivity contribution in [1.29, 1.82) is 5.26 Å². The Morgan fingerprint density at radius 3 is 2.26 bits per heavy atom. The standard InChI is InChI=1S/C12H10ClNO4S/c1-19(17,18)10-9(12(10,6-14)11(15)16)7-2-4-8(13)5-3-7/h2-5,9-10H,1H3,(H,15,16)/t9-,10-,12+/m1/s1. The van der Waals surface area contributed by atoms with Crippen molar-refractivity contribution in [2.24, 2.45) is 5.41 Å². The third kappa shape index (κ3) is 1.99. The van der Waals surface area contributed by atoms with Gasteiger partial charge in [0.2, 0.25) is 0 Å². The van der Waals surface area contributed by atoms with Crippen LogP contribution >= 0.6 is 11.6 Å². The Labute approximate surface area is 115 Å². The molecule has 0 unspecified atom stereocenters. The maximum Gasteiger partial charge on any atom is 0.326 e. The van der Waals surface area contributed by atoms with E-state index in [1.54, 1.807) is 30.3 Å². The molecule has 100 valence electrons. The number of carboxylic acids is 1. The van der Waals surface area contributed by atoms with E-state index in [4.69, 9.17) is 16.9 Å². The highest BCUT2D eigenvalue weighted by Crippen LogP contribution is 2.62. The van der Waals surface area contributed by atoms with Crippen molar-refractivity contribution in [3.63, 3.8) is 0 Å². The van der Waals surface area contributed by atoms with Crippen LogP contribution < -0.4 is 0 Å². The van der Waals surface area contributed by atoms with Crippen LogP contribution in [0.5, 0.6) is 0 Å². The smallest absolute Gasteiger partial charge is 0.326 e. The van der Waals surface area contributed by atoms with Gasteiger partial charge in [0, 0.05) is 17.2 Å². The van der Waals surface area contributed by atoms with Gasteiger partial charge in [0.25, 0.3) is 0 Å². The molecule has 19 heavy (non-hydrogen) atoms. The molecule has 0 bridgehead atoms. The topological polar surface area (TPSA) is 95.2 Å². The van der Waals surface area contributed by atoms with E-state index in [2.05, 4.69) is 0 Å². The van der Waals surface area contributed by atoms with Crippen molar-refractivity contribution < 1.29 is 18.3 Å². The van der Waals surface area contributed by atoms with Gasteiger partial charge < -0.3 is 5.11 Å². The molecule has 3 atom stereocenters. The first kappa shape index (κ1) is 13.8. The van der Waals surface area contributed by atoms with E-state index in [0.717, 1.165) is 6.26 Å². The van der Waals surface area contributed by atoms with Gasteiger partial charge in [-0.05, 0) is 17.7 Å². The summed E-state index contributed by atoms with van der Waals surface area (Å²) in [6.45, 7) is 0. The monoisotopic (exact) mass is 299 g/mol. The van der Waals surface area contributed by atoms with Crippen molar-refractivity contribution >= 4 is 27.4 Å². The van der Waals surface area contributed by atoms with Crippen LogP contribution in [-0.2, 0) is 14.6 Å². The lowest BCUT2D eigenvalue weighted by Gasteiger charge is -2.02. The lowest BCUT2D eigenvalue weighted by molar-refractivity contribution is -0.141. The minimum absolute atomic E-state index is 0.457. The molecule has 2 rings (SSSR count). The maximum absolute atomic E-state index is 11.7. The Kier molecular flexibility index (Phi) is 3.07. The second-order valence-electron chi connectivity index (χ2n) is 4.57. The lowest BCUT2D eigenvalue weighted by atomic mass is 10.0. The van der Waals surface area contributed by atoms with Gasteiger partial charge in [0.15, 0.2) is 15.3 Å². The molecule has 1 aromatic carbocycles. The third-order valence-corrected chi connectivity index (χ3v) is 5.18. The number of aliphatic carboxylic acids is 1. The number of nitriles is 1. The zero-order chi connectivity index (χ0) is 14.4. The summed E-state index contributed by atoms with van der Waals surface area (Å²) in [5.41, 5.74) is -1.41. The van der Waals surface area contributed by atoms with E-state index in [-0.39, 0.29) is 0 Å². The summed E-state index contributed by atoms with van der Waals surface area (Å²) in [5, 5.41) is 17.6. The molecule has 0 saturated heterocycles. The second-order valence-corrected chi connectivity index (χ2v) is 7.17. The fraction of sp³-hybridized carbons (Fsp3) is 0.333. The van der Waals surface area contributed by atoms with E-state index in [1.165, 1.54) is 0 Å². The molecule has 0 spiro atoms. The Morgan fingerprint density at radius 2 is 1.95 bits per heavy atom. The number of hydrogen-bond donors (Lipinski definition) is 1. The molecule has 0 aliphatic heterocycles. The van der Waals surface area contributed by atoms with Crippen LogP contribution in [0.3, 0.4) is 0 Å².